The van der Waals surface area contributed by atoms with Gasteiger partial charge >= 0.3 is 5.97 Å². The Hall–Kier alpha value is -2.19. The van der Waals surface area contributed by atoms with Gasteiger partial charge in [-0.25, -0.2) is 0 Å². The predicted octanol–water partition coefficient (Wildman–Crippen LogP) is 0.650. The molecule has 164 valence electrons. The normalized spacial score (nSPS) is 35.3. The van der Waals surface area contributed by atoms with Crippen molar-refractivity contribution in [2.45, 2.75) is 56.9 Å². The molecule has 0 aromatic carbocycles. The summed E-state index contributed by atoms with van der Waals surface area (Å²) in [5.74, 6) is -2.38. The second kappa shape index (κ2) is 8.15. The monoisotopic (exact) mass is 418 g/mol. The molecule has 2 fully saturated rings. The van der Waals surface area contributed by atoms with Crippen LogP contribution in [-0.2, 0) is 23.9 Å². The van der Waals surface area contributed by atoms with Crippen LogP contribution in [0.3, 0.4) is 0 Å². The van der Waals surface area contributed by atoms with E-state index in [1.807, 2.05) is 26.0 Å². The molecule has 0 aromatic rings. The van der Waals surface area contributed by atoms with E-state index in [9.17, 15) is 14.4 Å². The second-order valence-corrected chi connectivity index (χ2v) is 8.70. The number of hydrogen-bond donors (Lipinski definition) is 1. The maximum atomic E-state index is 13.6. The van der Waals surface area contributed by atoms with E-state index in [1.54, 1.807) is 22.0 Å². The topological polar surface area (TPSA) is 96.4 Å². The first kappa shape index (κ1) is 21.1. The molecule has 1 unspecified atom stereocenters. The molecule has 2 amide bonds. The van der Waals surface area contributed by atoms with E-state index >= 15 is 0 Å². The van der Waals surface area contributed by atoms with Crippen LogP contribution in [0.4, 0.5) is 0 Å². The average Bonchev–Trinajstić information content (AvgIpc) is 2.99. The minimum absolute atomic E-state index is 0.0283. The summed E-state index contributed by atoms with van der Waals surface area (Å²) in [6.07, 6.45) is 8.71. The van der Waals surface area contributed by atoms with Crippen molar-refractivity contribution in [3.8, 4) is 0 Å². The summed E-state index contributed by atoms with van der Waals surface area (Å²) in [5, 5.41) is 9.06. The molecule has 8 nitrogen and oxygen atoms in total. The Morgan fingerprint density at radius 1 is 1.17 bits per heavy atom. The molecule has 0 saturated carbocycles. The Balaban J connectivity index is 1.75. The van der Waals surface area contributed by atoms with Gasteiger partial charge in [-0.2, -0.15) is 0 Å². The molecule has 0 radical (unpaired) electrons. The predicted molar refractivity (Wildman–Crippen MR) is 107 cm³/mol. The zero-order valence-electron chi connectivity index (χ0n) is 17.5. The quantitative estimate of drug-likeness (QED) is 0.387. The van der Waals surface area contributed by atoms with Gasteiger partial charge in [0.1, 0.15) is 24.2 Å². The molecule has 2 saturated heterocycles. The number of nitrogens with zero attached hydrogens (tertiary/aromatic N) is 2. The molecular weight excluding hydrogens is 388 g/mol. The van der Waals surface area contributed by atoms with Crippen LogP contribution >= 0.6 is 0 Å². The van der Waals surface area contributed by atoms with Crippen LogP contribution in [0, 0.1) is 11.8 Å². The fourth-order valence-electron chi connectivity index (χ4n) is 5.26. The fourth-order valence-corrected chi connectivity index (χ4v) is 5.26. The summed E-state index contributed by atoms with van der Waals surface area (Å²) in [5.41, 5.74) is -1.18. The van der Waals surface area contributed by atoms with Crippen LogP contribution < -0.4 is 0 Å². The molecule has 0 aliphatic carbocycles. The second-order valence-electron chi connectivity index (χ2n) is 8.70. The lowest BCUT2D eigenvalue weighted by Gasteiger charge is -2.36. The zero-order chi connectivity index (χ0) is 21.5. The SMILES string of the molecule is CC(C)N1CC=CC23O[C@@H]4C=CCOC(=O)[C@@H]4[C@H]2C(=O)N(CCCCCO)[C@@H]3C1=O. The molecular formula is C22H30N2O6. The van der Waals surface area contributed by atoms with E-state index in [-0.39, 0.29) is 31.1 Å². The van der Waals surface area contributed by atoms with Crippen molar-refractivity contribution in [3.05, 3.63) is 24.3 Å². The van der Waals surface area contributed by atoms with Gasteiger partial charge in [-0.05, 0) is 39.2 Å². The van der Waals surface area contributed by atoms with E-state index in [0.717, 1.165) is 6.42 Å². The number of cyclic esters (lactones) is 1. The van der Waals surface area contributed by atoms with E-state index in [0.29, 0.717) is 25.9 Å². The molecule has 1 N–H and O–H groups in total. The first-order valence-corrected chi connectivity index (χ1v) is 10.8. The van der Waals surface area contributed by atoms with Crippen LogP contribution in [-0.4, -0.2) is 82.8 Å². The van der Waals surface area contributed by atoms with Gasteiger partial charge in [0, 0.05) is 25.7 Å². The number of aliphatic hydroxyl groups excluding tert-OH is 1. The highest BCUT2D eigenvalue weighted by Crippen LogP contribution is 2.53. The molecule has 4 aliphatic heterocycles. The minimum Gasteiger partial charge on any atom is -0.461 e. The first-order valence-electron chi connectivity index (χ1n) is 10.8. The molecule has 5 atom stereocenters. The third-order valence-corrected chi connectivity index (χ3v) is 6.63. The molecule has 4 aliphatic rings. The minimum atomic E-state index is -1.18. The third kappa shape index (κ3) is 3.17. The van der Waals surface area contributed by atoms with E-state index < -0.39 is 35.6 Å². The Kier molecular flexibility index (Phi) is 5.72. The number of fused-ring (bicyclic) bond motifs is 2. The summed E-state index contributed by atoms with van der Waals surface area (Å²) in [4.78, 5) is 43.4. The first-order chi connectivity index (χ1) is 14.4. The van der Waals surface area contributed by atoms with Crippen molar-refractivity contribution in [3.63, 3.8) is 0 Å². The Labute approximate surface area is 176 Å². The standard InChI is InChI=1S/C22H30N2O6/c1-14(2)23-11-7-9-22-17(16-15(30-22)8-6-13-29-21(16)28)19(26)24(18(22)20(23)27)10-4-3-5-12-25/h6-9,14-18,25H,3-5,10-13H2,1-2H3/t15-,16+,17+,18-,22?/m1/s1. The van der Waals surface area contributed by atoms with Crippen molar-refractivity contribution in [1.82, 2.24) is 9.80 Å². The van der Waals surface area contributed by atoms with Crippen LogP contribution in [0.1, 0.15) is 33.1 Å². The Morgan fingerprint density at radius 3 is 2.70 bits per heavy atom. The molecule has 0 aromatic heterocycles. The van der Waals surface area contributed by atoms with Gasteiger partial charge < -0.3 is 24.4 Å². The van der Waals surface area contributed by atoms with Crippen LogP contribution in [0.15, 0.2) is 24.3 Å². The van der Waals surface area contributed by atoms with Crippen LogP contribution in [0.25, 0.3) is 0 Å². The van der Waals surface area contributed by atoms with Gasteiger partial charge in [-0.15, -0.1) is 0 Å². The summed E-state index contributed by atoms with van der Waals surface area (Å²) in [6.45, 7) is 4.98. The largest absolute Gasteiger partial charge is 0.461 e. The number of ether oxygens (including phenoxy) is 2. The van der Waals surface area contributed by atoms with E-state index in [2.05, 4.69) is 0 Å². The Bertz CT molecular complexity index is 778. The lowest BCUT2D eigenvalue weighted by molar-refractivity contribution is -0.153. The number of amides is 2. The van der Waals surface area contributed by atoms with Crippen LogP contribution in [0.5, 0.6) is 0 Å². The molecule has 0 bridgehead atoms. The lowest BCUT2D eigenvalue weighted by Crippen LogP contribution is -2.56. The highest BCUT2D eigenvalue weighted by atomic mass is 16.6. The van der Waals surface area contributed by atoms with Crippen LogP contribution in [0.2, 0.25) is 0 Å². The van der Waals surface area contributed by atoms with Gasteiger partial charge in [0.05, 0.1) is 12.0 Å². The van der Waals surface area contributed by atoms with Crippen molar-refractivity contribution in [2.75, 3.05) is 26.3 Å². The molecule has 30 heavy (non-hydrogen) atoms. The van der Waals surface area contributed by atoms with Gasteiger partial charge in [0.2, 0.25) is 11.8 Å². The third-order valence-electron chi connectivity index (χ3n) is 6.63. The molecule has 8 heteroatoms. The number of likely N-dealkylation sites (tertiary alicyclic amines) is 1. The van der Waals surface area contributed by atoms with Crippen molar-refractivity contribution in [1.29, 1.82) is 0 Å². The van der Waals surface area contributed by atoms with Crippen molar-refractivity contribution >= 4 is 17.8 Å². The zero-order valence-corrected chi connectivity index (χ0v) is 17.5. The number of aliphatic hydroxyl groups is 1. The number of rotatable bonds is 6. The number of esters is 1. The average molecular weight is 418 g/mol. The molecule has 1 spiro atoms. The van der Waals surface area contributed by atoms with Crippen molar-refractivity contribution in [2.24, 2.45) is 11.8 Å². The molecule has 4 rings (SSSR count). The van der Waals surface area contributed by atoms with Gasteiger partial charge in [0.25, 0.3) is 0 Å². The van der Waals surface area contributed by atoms with Gasteiger partial charge in [-0.1, -0.05) is 18.2 Å². The number of carbonyl (C=O) groups is 3. The highest BCUT2D eigenvalue weighted by molar-refractivity contribution is 5.99. The summed E-state index contributed by atoms with van der Waals surface area (Å²) in [6, 6.07) is -0.835. The number of carbonyl (C=O) groups excluding carboxylic acids is 3. The Morgan fingerprint density at radius 2 is 1.97 bits per heavy atom. The van der Waals surface area contributed by atoms with E-state index in [1.165, 1.54) is 0 Å². The van der Waals surface area contributed by atoms with Gasteiger partial charge in [0.15, 0.2) is 0 Å². The van der Waals surface area contributed by atoms with E-state index in [4.69, 9.17) is 14.6 Å². The highest BCUT2D eigenvalue weighted by Gasteiger charge is 2.71. The maximum absolute atomic E-state index is 13.6. The maximum Gasteiger partial charge on any atom is 0.313 e. The van der Waals surface area contributed by atoms with Gasteiger partial charge in [-0.3, -0.25) is 14.4 Å². The fraction of sp³-hybridized carbons (Fsp3) is 0.682. The molecule has 4 heterocycles. The smallest absolute Gasteiger partial charge is 0.313 e. The number of unbranched alkanes of at least 4 members (excludes halogenated alkanes) is 2. The summed E-state index contributed by atoms with van der Waals surface area (Å²) >= 11 is 0. The summed E-state index contributed by atoms with van der Waals surface area (Å²) < 4.78 is 11.7. The number of hydrogen-bond acceptors (Lipinski definition) is 6. The van der Waals surface area contributed by atoms with Crippen molar-refractivity contribution < 1.29 is 29.0 Å². The lowest BCUT2D eigenvalue weighted by atomic mass is 9.78. The summed E-state index contributed by atoms with van der Waals surface area (Å²) in [7, 11) is 0.